The van der Waals surface area contributed by atoms with Crippen LogP contribution in [0.25, 0.3) is 0 Å². The smallest absolute Gasteiger partial charge is 0.223 e. The molecule has 0 saturated carbocycles. The second-order valence-electron chi connectivity index (χ2n) is 7.00. The van der Waals surface area contributed by atoms with Crippen LogP contribution in [-0.4, -0.2) is 38.1 Å². The van der Waals surface area contributed by atoms with E-state index in [9.17, 15) is 0 Å². The van der Waals surface area contributed by atoms with Crippen LogP contribution in [0.1, 0.15) is 41.6 Å². The Morgan fingerprint density at radius 3 is 2.70 bits per heavy atom. The van der Waals surface area contributed by atoms with Gasteiger partial charge in [0.15, 0.2) is 5.82 Å². The molecule has 1 aliphatic rings. The number of rotatable bonds is 6. The Morgan fingerprint density at radius 1 is 1.15 bits per heavy atom. The summed E-state index contributed by atoms with van der Waals surface area (Å²) in [5.74, 6) is 2.45. The molecule has 1 fully saturated rings. The van der Waals surface area contributed by atoms with E-state index in [0.717, 1.165) is 50.4 Å². The standard InChI is InChI=1S/C20H24N6O/c1-15-24-19(25-27-15)18-8-5-9-26(14-18)13-17-11-22-20(23-12-17)21-10-16-6-3-2-4-7-16/h2-4,6-7,11-12,18H,5,8-10,13-14H2,1H3,(H,21,22,23). The van der Waals surface area contributed by atoms with E-state index in [1.54, 1.807) is 0 Å². The summed E-state index contributed by atoms with van der Waals surface area (Å²) >= 11 is 0. The monoisotopic (exact) mass is 364 g/mol. The molecule has 0 radical (unpaired) electrons. The molecule has 140 valence electrons. The lowest BCUT2D eigenvalue weighted by atomic mass is 9.97. The summed E-state index contributed by atoms with van der Waals surface area (Å²) in [6.45, 7) is 5.40. The van der Waals surface area contributed by atoms with Crippen molar-refractivity contribution >= 4 is 5.95 Å². The third-order valence-electron chi connectivity index (χ3n) is 4.82. The van der Waals surface area contributed by atoms with Crippen molar-refractivity contribution in [2.75, 3.05) is 18.4 Å². The fraction of sp³-hybridized carbons (Fsp3) is 0.400. The molecule has 7 heteroatoms. The molecule has 27 heavy (non-hydrogen) atoms. The van der Waals surface area contributed by atoms with Gasteiger partial charge in [-0.15, -0.1) is 0 Å². The molecule has 1 N–H and O–H groups in total. The minimum atomic E-state index is 0.337. The molecule has 0 spiro atoms. The van der Waals surface area contributed by atoms with Gasteiger partial charge in [0.05, 0.1) is 0 Å². The summed E-state index contributed by atoms with van der Waals surface area (Å²) in [6, 6.07) is 10.2. The van der Waals surface area contributed by atoms with Crippen LogP contribution in [0.3, 0.4) is 0 Å². The summed E-state index contributed by atoms with van der Waals surface area (Å²) in [5.41, 5.74) is 2.33. The van der Waals surface area contributed by atoms with Crippen LogP contribution in [0.4, 0.5) is 5.95 Å². The van der Waals surface area contributed by atoms with Gasteiger partial charge in [-0.2, -0.15) is 4.98 Å². The van der Waals surface area contributed by atoms with Crippen LogP contribution < -0.4 is 5.32 Å². The average Bonchev–Trinajstić information content (AvgIpc) is 3.15. The lowest BCUT2D eigenvalue weighted by Gasteiger charge is -2.31. The first-order chi connectivity index (χ1) is 13.3. The van der Waals surface area contributed by atoms with Crippen LogP contribution in [0, 0.1) is 6.92 Å². The van der Waals surface area contributed by atoms with Crippen LogP contribution in [0.2, 0.25) is 0 Å². The van der Waals surface area contributed by atoms with E-state index in [1.807, 2.05) is 37.5 Å². The SMILES string of the molecule is Cc1nc(C2CCCN(Cc3cnc(NCc4ccccc4)nc3)C2)no1. The molecule has 0 aliphatic carbocycles. The summed E-state index contributed by atoms with van der Waals surface area (Å²) in [7, 11) is 0. The number of nitrogens with one attached hydrogen (secondary N) is 1. The highest BCUT2D eigenvalue weighted by Gasteiger charge is 2.25. The van der Waals surface area contributed by atoms with E-state index in [4.69, 9.17) is 4.52 Å². The molecular weight excluding hydrogens is 340 g/mol. The van der Waals surface area contributed by atoms with Gasteiger partial charge >= 0.3 is 0 Å². The summed E-state index contributed by atoms with van der Waals surface area (Å²) in [4.78, 5) is 15.7. The molecule has 3 aromatic rings. The van der Waals surface area contributed by atoms with Gasteiger partial charge in [-0.3, -0.25) is 4.90 Å². The Labute approximate surface area is 158 Å². The van der Waals surface area contributed by atoms with Crippen LogP contribution in [-0.2, 0) is 13.1 Å². The molecule has 1 saturated heterocycles. The van der Waals surface area contributed by atoms with E-state index in [2.05, 4.69) is 42.5 Å². The van der Waals surface area contributed by atoms with E-state index < -0.39 is 0 Å². The largest absolute Gasteiger partial charge is 0.350 e. The van der Waals surface area contributed by atoms with Crippen molar-refractivity contribution in [1.29, 1.82) is 0 Å². The Balaban J connectivity index is 1.31. The van der Waals surface area contributed by atoms with Gasteiger partial charge < -0.3 is 9.84 Å². The van der Waals surface area contributed by atoms with Crippen molar-refractivity contribution < 1.29 is 4.52 Å². The Morgan fingerprint density at radius 2 is 1.96 bits per heavy atom. The lowest BCUT2D eigenvalue weighted by molar-refractivity contribution is 0.194. The van der Waals surface area contributed by atoms with Gasteiger partial charge in [-0.05, 0) is 24.9 Å². The first-order valence-electron chi connectivity index (χ1n) is 9.37. The molecule has 3 heterocycles. The summed E-state index contributed by atoms with van der Waals surface area (Å²) in [5, 5.41) is 7.35. The van der Waals surface area contributed by atoms with Gasteiger partial charge in [-0.1, -0.05) is 35.5 Å². The molecule has 1 aromatic carbocycles. The number of benzene rings is 1. The topological polar surface area (TPSA) is 80.0 Å². The highest BCUT2D eigenvalue weighted by Crippen LogP contribution is 2.25. The summed E-state index contributed by atoms with van der Waals surface area (Å²) < 4.78 is 5.13. The van der Waals surface area contributed by atoms with Gasteiger partial charge in [0.1, 0.15) is 0 Å². The van der Waals surface area contributed by atoms with Gasteiger partial charge in [-0.25, -0.2) is 9.97 Å². The average molecular weight is 364 g/mol. The van der Waals surface area contributed by atoms with Crippen LogP contribution in [0.5, 0.6) is 0 Å². The van der Waals surface area contributed by atoms with E-state index in [0.29, 0.717) is 17.8 Å². The molecule has 0 bridgehead atoms. The first kappa shape index (κ1) is 17.6. The number of hydrogen-bond donors (Lipinski definition) is 1. The fourth-order valence-corrected chi connectivity index (χ4v) is 3.45. The maximum absolute atomic E-state index is 5.13. The number of nitrogens with zero attached hydrogens (tertiary/aromatic N) is 5. The zero-order chi connectivity index (χ0) is 18.5. The molecule has 1 atom stereocenters. The predicted molar refractivity (Wildman–Crippen MR) is 102 cm³/mol. The minimum Gasteiger partial charge on any atom is -0.350 e. The quantitative estimate of drug-likeness (QED) is 0.719. The van der Waals surface area contributed by atoms with E-state index in [1.165, 1.54) is 5.56 Å². The minimum absolute atomic E-state index is 0.337. The molecule has 1 aliphatic heterocycles. The fourth-order valence-electron chi connectivity index (χ4n) is 3.45. The van der Waals surface area contributed by atoms with Crippen LogP contribution in [0.15, 0.2) is 47.2 Å². The third-order valence-corrected chi connectivity index (χ3v) is 4.82. The van der Waals surface area contributed by atoms with Gasteiger partial charge in [0.25, 0.3) is 0 Å². The van der Waals surface area contributed by atoms with Gasteiger partial charge in [0, 0.05) is 50.4 Å². The lowest BCUT2D eigenvalue weighted by Crippen LogP contribution is -2.34. The molecule has 1 unspecified atom stereocenters. The molecule has 2 aromatic heterocycles. The predicted octanol–water partition coefficient (Wildman–Crippen LogP) is 3.16. The van der Waals surface area contributed by atoms with Crippen molar-refractivity contribution in [2.45, 2.75) is 38.8 Å². The summed E-state index contributed by atoms with van der Waals surface area (Å²) in [6.07, 6.45) is 6.05. The third kappa shape index (κ3) is 4.68. The van der Waals surface area contributed by atoms with E-state index in [-0.39, 0.29) is 0 Å². The maximum atomic E-state index is 5.13. The van der Waals surface area contributed by atoms with Crippen molar-refractivity contribution in [2.24, 2.45) is 0 Å². The van der Waals surface area contributed by atoms with Crippen molar-refractivity contribution in [3.8, 4) is 0 Å². The normalized spacial score (nSPS) is 17.7. The Kier molecular flexibility index (Phi) is 5.39. The highest BCUT2D eigenvalue weighted by atomic mass is 16.5. The van der Waals surface area contributed by atoms with Crippen molar-refractivity contribution in [3.63, 3.8) is 0 Å². The maximum Gasteiger partial charge on any atom is 0.223 e. The Hall–Kier alpha value is -2.80. The van der Waals surface area contributed by atoms with Gasteiger partial charge in [0.2, 0.25) is 11.8 Å². The number of aryl methyl sites for hydroxylation is 1. The molecule has 0 amide bonds. The number of likely N-dealkylation sites (tertiary alicyclic amines) is 1. The first-order valence-corrected chi connectivity index (χ1v) is 9.37. The molecule has 7 nitrogen and oxygen atoms in total. The highest BCUT2D eigenvalue weighted by molar-refractivity contribution is 5.28. The van der Waals surface area contributed by atoms with E-state index >= 15 is 0 Å². The molecular formula is C20H24N6O. The second kappa shape index (κ2) is 8.26. The number of anilines is 1. The van der Waals surface area contributed by atoms with Crippen molar-refractivity contribution in [3.05, 3.63) is 65.6 Å². The number of piperidine rings is 1. The zero-order valence-corrected chi connectivity index (χ0v) is 15.5. The second-order valence-corrected chi connectivity index (χ2v) is 7.00. The van der Waals surface area contributed by atoms with Crippen molar-refractivity contribution in [1.82, 2.24) is 25.0 Å². The Bertz CT molecular complexity index is 848. The number of hydrogen-bond acceptors (Lipinski definition) is 7. The number of aromatic nitrogens is 4. The van der Waals surface area contributed by atoms with Crippen LogP contribution >= 0.6 is 0 Å². The zero-order valence-electron chi connectivity index (χ0n) is 15.5. The molecule has 4 rings (SSSR count).